The van der Waals surface area contributed by atoms with Crippen molar-refractivity contribution in [2.75, 3.05) is 19.8 Å². The van der Waals surface area contributed by atoms with Crippen molar-refractivity contribution in [2.45, 2.75) is 30.8 Å². The first kappa shape index (κ1) is 22.2. The highest BCUT2D eigenvalue weighted by molar-refractivity contribution is 7.99. The fraction of sp³-hybridized carbons (Fsp3) is 0.286. The zero-order valence-electron chi connectivity index (χ0n) is 17.6. The number of hydrogen-bond donors (Lipinski definition) is 0. The molecule has 9 heteroatoms. The van der Waals surface area contributed by atoms with E-state index in [0.29, 0.717) is 16.5 Å². The lowest BCUT2D eigenvalue weighted by atomic mass is 10.1. The molecule has 0 bridgehead atoms. The van der Waals surface area contributed by atoms with E-state index >= 15 is 0 Å². The minimum Gasteiger partial charge on any atom is -0.299 e. The number of benzene rings is 2. The minimum absolute atomic E-state index is 0.0386. The molecule has 3 aromatic rings. The fourth-order valence-corrected chi connectivity index (χ4v) is 4.77. The normalized spacial score (nSPS) is 11.8. The number of hydrogen-bond acceptors (Lipinski definition) is 6. The predicted molar refractivity (Wildman–Crippen MR) is 119 cm³/mol. The summed E-state index contributed by atoms with van der Waals surface area (Å²) in [5.74, 6) is 0.837. The Kier molecular flexibility index (Phi) is 6.44. The first-order valence-corrected chi connectivity index (χ1v) is 11.7. The van der Waals surface area contributed by atoms with E-state index in [-0.39, 0.29) is 16.4 Å². The summed E-state index contributed by atoms with van der Waals surface area (Å²) in [6.07, 6.45) is 0. The van der Waals surface area contributed by atoms with Crippen molar-refractivity contribution in [3.8, 4) is 17.1 Å². The van der Waals surface area contributed by atoms with Crippen LogP contribution in [-0.4, -0.2) is 53.1 Å². The Morgan fingerprint density at radius 2 is 1.70 bits per heavy atom. The van der Waals surface area contributed by atoms with Gasteiger partial charge in [0, 0.05) is 19.7 Å². The third-order valence-corrected chi connectivity index (χ3v) is 7.46. The number of thioether (sulfide) groups is 1. The number of ketones is 1. The van der Waals surface area contributed by atoms with Gasteiger partial charge in [0.15, 0.2) is 11.0 Å². The molecule has 0 saturated heterocycles. The maximum Gasteiger partial charge on any atom is 0.242 e. The quantitative estimate of drug-likeness (QED) is 0.519. The third-order valence-electron chi connectivity index (χ3n) is 4.57. The summed E-state index contributed by atoms with van der Waals surface area (Å²) in [5, 5.41) is 9.26. The molecule has 0 N–H and O–H groups in total. The van der Waals surface area contributed by atoms with Gasteiger partial charge in [0.1, 0.15) is 5.78 Å². The van der Waals surface area contributed by atoms with Gasteiger partial charge >= 0.3 is 0 Å². The van der Waals surface area contributed by atoms with Crippen LogP contribution in [0.3, 0.4) is 0 Å². The van der Waals surface area contributed by atoms with Gasteiger partial charge in [0.25, 0.3) is 0 Å². The highest BCUT2D eigenvalue weighted by atomic mass is 32.2. The topological polar surface area (TPSA) is 85.2 Å². The molecule has 0 fully saturated rings. The average Bonchev–Trinajstić information content (AvgIpc) is 3.10. The standard InChI is InChI=1S/C21H24N4O3S2/c1-14-8-6-9-15(2)19(14)25-20(22-23-21(25)29-13-16(3)26)17-10-7-11-18(12-17)30(27,28)24(4)5/h6-12H,13H2,1-5H3. The summed E-state index contributed by atoms with van der Waals surface area (Å²) in [6, 6.07) is 12.6. The van der Waals surface area contributed by atoms with Crippen LogP contribution in [0.2, 0.25) is 0 Å². The number of para-hydroxylation sites is 1. The molecular formula is C21H24N4O3S2. The maximum atomic E-state index is 12.6. The molecule has 0 spiro atoms. The third kappa shape index (κ3) is 4.33. The lowest BCUT2D eigenvalue weighted by Gasteiger charge is -2.16. The van der Waals surface area contributed by atoms with Crippen LogP contribution in [0.4, 0.5) is 0 Å². The van der Waals surface area contributed by atoms with Crippen molar-refractivity contribution in [2.24, 2.45) is 0 Å². The van der Waals surface area contributed by atoms with Crippen LogP contribution in [0.5, 0.6) is 0 Å². The van der Waals surface area contributed by atoms with Gasteiger partial charge in [-0.15, -0.1) is 10.2 Å². The van der Waals surface area contributed by atoms with Crippen LogP contribution >= 0.6 is 11.8 Å². The molecule has 3 rings (SSSR count). The molecule has 0 radical (unpaired) electrons. The van der Waals surface area contributed by atoms with Crippen molar-refractivity contribution < 1.29 is 13.2 Å². The van der Waals surface area contributed by atoms with Crippen LogP contribution in [0, 0.1) is 13.8 Å². The number of rotatable bonds is 7. The van der Waals surface area contributed by atoms with Gasteiger partial charge in [-0.25, -0.2) is 12.7 Å². The summed E-state index contributed by atoms with van der Waals surface area (Å²) in [7, 11) is -0.594. The molecule has 0 atom stereocenters. The molecule has 0 aliphatic rings. The Hall–Kier alpha value is -2.49. The van der Waals surface area contributed by atoms with E-state index < -0.39 is 10.0 Å². The Bertz CT molecular complexity index is 1180. The predicted octanol–water partition coefficient (Wildman–Crippen LogP) is 3.48. The average molecular weight is 445 g/mol. The number of nitrogens with zero attached hydrogens (tertiary/aromatic N) is 4. The fourth-order valence-electron chi connectivity index (χ4n) is 3.08. The second-order valence-corrected chi connectivity index (χ2v) is 10.3. The lowest BCUT2D eigenvalue weighted by molar-refractivity contribution is -0.114. The molecule has 0 amide bonds. The first-order chi connectivity index (χ1) is 14.1. The molecule has 1 heterocycles. The lowest BCUT2D eigenvalue weighted by Crippen LogP contribution is -2.22. The van der Waals surface area contributed by atoms with E-state index in [2.05, 4.69) is 10.2 Å². The number of sulfonamides is 1. The van der Waals surface area contributed by atoms with Crippen molar-refractivity contribution in [3.63, 3.8) is 0 Å². The molecule has 1 aromatic heterocycles. The Morgan fingerprint density at radius 3 is 2.30 bits per heavy atom. The molecule has 158 valence electrons. The van der Waals surface area contributed by atoms with E-state index in [1.807, 2.05) is 42.7 Å². The smallest absolute Gasteiger partial charge is 0.242 e. The number of carbonyl (C=O) groups is 1. The monoisotopic (exact) mass is 444 g/mol. The van der Waals surface area contributed by atoms with Crippen LogP contribution in [0.1, 0.15) is 18.1 Å². The zero-order chi connectivity index (χ0) is 22.1. The SMILES string of the molecule is CC(=O)CSc1nnc(-c2cccc(S(=O)(=O)N(C)C)c2)n1-c1c(C)cccc1C. The number of aryl methyl sites for hydroxylation is 2. The summed E-state index contributed by atoms with van der Waals surface area (Å²) in [6.45, 7) is 5.53. The van der Waals surface area contributed by atoms with E-state index in [9.17, 15) is 13.2 Å². The number of aromatic nitrogens is 3. The zero-order valence-corrected chi connectivity index (χ0v) is 19.2. The largest absolute Gasteiger partial charge is 0.299 e. The number of carbonyl (C=O) groups excluding carboxylic acids is 1. The van der Waals surface area contributed by atoms with Crippen molar-refractivity contribution in [3.05, 3.63) is 53.6 Å². The Balaban J connectivity index is 2.23. The van der Waals surface area contributed by atoms with Gasteiger partial charge in [-0.2, -0.15) is 0 Å². The van der Waals surface area contributed by atoms with Crippen molar-refractivity contribution in [1.29, 1.82) is 0 Å². The first-order valence-electron chi connectivity index (χ1n) is 9.30. The van der Waals surface area contributed by atoms with Gasteiger partial charge in [-0.3, -0.25) is 9.36 Å². The molecule has 7 nitrogen and oxygen atoms in total. The van der Waals surface area contributed by atoms with Gasteiger partial charge in [-0.05, 0) is 44.0 Å². The van der Waals surface area contributed by atoms with Crippen LogP contribution < -0.4 is 0 Å². The van der Waals surface area contributed by atoms with Crippen LogP contribution in [-0.2, 0) is 14.8 Å². The highest BCUT2D eigenvalue weighted by Gasteiger charge is 2.22. The van der Waals surface area contributed by atoms with E-state index in [1.54, 1.807) is 18.2 Å². The van der Waals surface area contributed by atoms with Crippen LogP contribution in [0.15, 0.2) is 52.5 Å². The summed E-state index contributed by atoms with van der Waals surface area (Å²) >= 11 is 1.31. The van der Waals surface area contributed by atoms with E-state index in [1.165, 1.54) is 37.1 Å². The second-order valence-electron chi connectivity index (χ2n) is 7.19. The van der Waals surface area contributed by atoms with E-state index in [0.717, 1.165) is 16.8 Å². The van der Waals surface area contributed by atoms with Gasteiger partial charge < -0.3 is 0 Å². The molecule has 0 saturated carbocycles. The summed E-state index contributed by atoms with van der Waals surface area (Å²) in [5.41, 5.74) is 3.60. The van der Waals surface area contributed by atoms with Crippen molar-refractivity contribution in [1.82, 2.24) is 19.1 Å². The molecular weight excluding hydrogens is 420 g/mol. The molecule has 0 unspecified atom stereocenters. The minimum atomic E-state index is -3.59. The van der Waals surface area contributed by atoms with E-state index in [4.69, 9.17) is 0 Å². The number of Topliss-reactive ketones (excluding diaryl/α,β-unsaturated/α-hetero) is 1. The molecule has 30 heavy (non-hydrogen) atoms. The summed E-state index contributed by atoms with van der Waals surface area (Å²) < 4.78 is 28.3. The van der Waals surface area contributed by atoms with Gasteiger partial charge in [-0.1, -0.05) is 42.1 Å². The van der Waals surface area contributed by atoms with Crippen LogP contribution in [0.25, 0.3) is 17.1 Å². The van der Waals surface area contributed by atoms with Gasteiger partial charge in [0.05, 0.1) is 16.3 Å². The summed E-state index contributed by atoms with van der Waals surface area (Å²) in [4.78, 5) is 11.7. The second kappa shape index (κ2) is 8.71. The molecule has 0 aliphatic carbocycles. The highest BCUT2D eigenvalue weighted by Crippen LogP contribution is 2.32. The molecule has 2 aromatic carbocycles. The maximum absolute atomic E-state index is 12.6. The van der Waals surface area contributed by atoms with Gasteiger partial charge in [0.2, 0.25) is 10.0 Å². The Labute approximate surface area is 181 Å². The van der Waals surface area contributed by atoms with Crippen molar-refractivity contribution >= 4 is 27.6 Å². The Morgan fingerprint density at radius 1 is 1.07 bits per heavy atom. The molecule has 0 aliphatic heterocycles.